The number of tetrazole rings is 1. The molecule has 0 fully saturated rings. The van der Waals surface area contributed by atoms with E-state index in [2.05, 4.69) is 22.4 Å². The zero-order valence-electron chi connectivity index (χ0n) is 12.1. The third-order valence-electron chi connectivity index (χ3n) is 3.05. The van der Waals surface area contributed by atoms with E-state index in [1.54, 1.807) is 4.68 Å². The van der Waals surface area contributed by atoms with Crippen LogP contribution in [0.4, 0.5) is 0 Å². The molecule has 0 saturated heterocycles. The molecule has 1 aromatic heterocycles. The van der Waals surface area contributed by atoms with Gasteiger partial charge in [0.1, 0.15) is 0 Å². The van der Waals surface area contributed by atoms with Gasteiger partial charge in [0.25, 0.3) is 0 Å². The number of carbonyl (C=O) groups is 1. The molecule has 1 N–H and O–H groups in total. The Bertz CT molecular complexity index is 384. The molecule has 0 aliphatic rings. The van der Waals surface area contributed by atoms with Crippen LogP contribution < -0.4 is 0 Å². The van der Waals surface area contributed by atoms with E-state index < -0.39 is 5.97 Å². The van der Waals surface area contributed by atoms with Crippen molar-refractivity contribution in [2.24, 2.45) is 0 Å². The number of rotatable bonds is 12. The first-order chi connectivity index (χ1) is 9.74. The van der Waals surface area contributed by atoms with Crippen molar-refractivity contribution in [3.8, 4) is 0 Å². The number of unbranched alkanes of at least 4 members (excludes halogenated alkanes) is 7. The standard InChI is InChI=1S/C13H24N4O2S/c1-2-3-4-5-6-7-8-9-10-17-13(14-15-16-17)20-11-12(18)19/h2-11H2,1H3,(H,18,19). The largest absolute Gasteiger partial charge is 0.481 e. The van der Waals surface area contributed by atoms with Crippen LogP contribution in [-0.2, 0) is 11.3 Å². The molecule has 0 aromatic carbocycles. The molecular weight excluding hydrogens is 276 g/mol. The Kier molecular flexibility index (Phi) is 9.02. The van der Waals surface area contributed by atoms with Crippen molar-refractivity contribution >= 4 is 17.7 Å². The van der Waals surface area contributed by atoms with Gasteiger partial charge in [0, 0.05) is 6.54 Å². The molecule has 0 amide bonds. The number of aromatic nitrogens is 4. The number of carboxylic acid groups (broad SMARTS) is 1. The van der Waals surface area contributed by atoms with Crippen LogP contribution in [0.5, 0.6) is 0 Å². The summed E-state index contributed by atoms with van der Waals surface area (Å²) in [6, 6.07) is 0. The van der Waals surface area contributed by atoms with E-state index in [1.165, 1.54) is 56.7 Å². The highest BCUT2D eigenvalue weighted by Gasteiger charge is 2.08. The number of aryl methyl sites for hydroxylation is 1. The lowest BCUT2D eigenvalue weighted by Gasteiger charge is -2.03. The van der Waals surface area contributed by atoms with Crippen molar-refractivity contribution in [2.45, 2.75) is 70.0 Å². The summed E-state index contributed by atoms with van der Waals surface area (Å²) in [7, 11) is 0. The Hall–Kier alpha value is -1.11. The van der Waals surface area contributed by atoms with Crippen LogP contribution in [0.15, 0.2) is 5.16 Å². The summed E-state index contributed by atoms with van der Waals surface area (Å²) >= 11 is 1.17. The monoisotopic (exact) mass is 300 g/mol. The molecule has 20 heavy (non-hydrogen) atoms. The van der Waals surface area contributed by atoms with Crippen LogP contribution in [0, 0.1) is 0 Å². The van der Waals surface area contributed by atoms with E-state index >= 15 is 0 Å². The second kappa shape index (κ2) is 10.7. The fourth-order valence-electron chi connectivity index (χ4n) is 1.96. The third-order valence-corrected chi connectivity index (χ3v) is 3.99. The highest BCUT2D eigenvalue weighted by molar-refractivity contribution is 7.99. The second-order valence-corrected chi connectivity index (χ2v) is 5.78. The zero-order valence-corrected chi connectivity index (χ0v) is 12.9. The summed E-state index contributed by atoms with van der Waals surface area (Å²) in [5.74, 6) is -0.853. The van der Waals surface area contributed by atoms with Gasteiger partial charge in [0.05, 0.1) is 5.75 Å². The number of thioether (sulfide) groups is 1. The van der Waals surface area contributed by atoms with Gasteiger partial charge in [-0.2, -0.15) is 0 Å². The molecule has 0 spiro atoms. The molecule has 0 aliphatic heterocycles. The Morgan fingerprint density at radius 3 is 2.45 bits per heavy atom. The van der Waals surface area contributed by atoms with Crippen LogP contribution >= 0.6 is 11.8 Å². The Morgan fingerprint density at radius 1 is 1.15 bits per heavy atom. The van der Waals surface area contributed by atoms with Gasteiger partial charge in [-0.05, 0) is 16.8 Å². The molecule has 0 aliphatic carbocycles. The maximum atomic E-state index is 10.5. The summed E-state index contributed by atoms with van der Waals surface area (Å²) in [5, 5.41) is 20.6. The van der Waals surface area contributed by atoms with Gasteiger partial charge in [-0.1, -0.05) is 63.6 Å². The predicted molar refractivity (Wildman–Crippen MR) is 78.8 cm³/mol. The van der Waals surface area contributed by atoms with Crippen LogP contribution in [0.1, 0.15) is 58.3 Å². The van der Waals surface area contributed by atoms with Crippen molar-refractivity contribution in [1.29, 1.82) is 0 Å². The van der Waals surface area contributed by atoms with Gasteiger partial charge < -0.3 is 5.11 Å². The van der Waals surface area contributed by atoms with Crippen molar-refractivity contribution in [1.82, 2.24) is 20.2 Å². The molecule has 7 heteroatoms. The van der Waals surface area contributed by atoms with E-state index in [9.17, 15) is 4.79 Å². The summed E-state index contributed by atoms with van der Waals surface area (Å²) in [6.07, 6.45) is 10.1. The SMILES string of the molecule is CCCCCCCCCCn1nnnc1SCC(=O)O. The number of nitrogens with zero attached hydrogens (tertiary/aromatic N) is 4. The molecule has 0 saturated carbocycles. The number of hydrogen-bond acceptors (Lipinski definition) is 5. The van der Waals surface area contributed by atoms with E-state index in [4.69, 9.17) is 5.11 Å². The quantitative estimate of drug-likeness (QED) is 0.472. The minimum absolute atomic E-state index is 0.00218. The molecule has 6 nitrogen and oxygen atoms in total. The van der Waals surface area contributed by atoms with Crippen LogP contribution in [-0.4, -0.2) is 37.0 Å². The fourth-order valence-corrected chi connectivity index (χ4v) is 2.59. The van der Waals surface area contributed by atoms with Gasteiger partial charge >= 0.3 is 5.97 Å². The first kappa shape index (κ1) is 16.9. The smallest absolute Gasteiger partial charge is 0.313 e. The minimum Gasteiger partial charge on any atom is -0.481 e. The average Bonchev–Trinajstić information content (AvgIpc) is 2.87. The molecule has 0 bridgehead atoms. The topological polar surface area (TPSA) is 80.9 Å². The van der Waals surface area contributed by atoms with Crippen LogP contribution in [0.3, 0.4) is 0 Å². The summed E-state index contributed by atoms with van der Waals surface area (Å²) in [6.45, 7) is 3.00. The Labute approximate surface area is 124 Å². The first-order valence-corrected chi connectivity index (χ1v) is 8.33. The maximum absolute atomic E-state index is 10.5. The van der Waals surface area contributed by atoms with Gasteiger partial charge in [-0.25, -0.2) is 4.68 Å². The molecule has 0 radical (unpaired) electrons. The normalized spacial score (nSPS) is 10.8. The number of aliphatic carboxylic acids is 1. The highest BCUT2D eigenvalue weighted by atomic mass is 32.2. The Balaban J connectivity index is 2.09. The first-order valence-electron chi connectivity index (χ1n) is 7.34. The lowest BCUT2D eigenvalue weighted by atomic mass is 10.1. The molecule has 1 heterocycles. The van der Waals surface area contributed by atoms with E-state index in [0.29, 0.717) is 5.16 Å². The highest BCUT2D eigenvalue weighted by Crippen LogP contribution is 2.14. The lowest BCUT2D eigenvalue weighted by Crippen LogP contribution is -2.05. The van der Waals surface area contributed by atoms with Gasteiger partial charge in [0.15, 0.2) is 0 Å². The van der Waals surface area contributed by atoms with E-state index in [1.807, 2.05) is 0 Å². The Morgan fingerprint density at radius 2 is 1.80 bits per heavy atom. The average molecular weight is 300 g/mol. The zero-order chi connectivity index (χ0) is 14.6. The van der Waals surface area contributed by atoms with Gasteiger partial charge in [-0.3, -0.25) is 4.79 Å². The number of carboxylic acids is 1. The number of hydrogen-bond donors (Lipinski definition) is 1. The predicted octanol–water partition coefficient (Wildman–Crippen LogP) is 2.99. The molecule has 0 unspecified atom stereocenters. The van der Waals surface area contributed by atoms with Gasteiger partial charge in [-0.15, -0.1) is 5.10 Å². The molecule has 1 aromatic rings. The summed E-state index contributed by atoms with van der Waals surface area (Å²) in [5.41, 5.74) is 0. The van der Waals surface area contributed by atoms with E-state index in [0.717, 1.165) is 13.0 Å². The van der Waals surface area contributed by atoms with Crippen molar-refractivity contribution < 1.29 is 9.90 Å². The summed E-state index contributed by atoms with van der Waals surface area (Å²) in [4.78, 5) is 10.5. The van der Waals surface area contributed by atoms with Crippen LogP contribution in [0.2, 0.25) is 0 Å². The van der Waals surface area contributed by atoms with Crippen LogP contribution in [0.25, 0.3) is 0 Å². The minimum atomic E-state index is -0.850. The third kappa shape index (κ3) is 7.47. The summed E-state index contributed by atoms with van der Waals surface area (Å²) < 4.78 is 1.70. The molecule has 0 atom stereocenters. The second-order valence-electron chi connectivity index (χ2n) is 4.84. The fraction of sp³-hybridized carbons (Fsp3) is 0.846. The van der Waals surface area contributed by atoms with Crippen molar-refractivity contribution in [3.05, 3.63) is 0 Å². The van der Waals surface area contributed by atoms with Gasteiger partial charge in [0.2, 0.25) is 5.16 Å². The lowest BCUT2D eigenvalue weighted by molar-refractivity contribution is -0.133. The molecule has 1 rings (SSSR count). The van der Waals surface area contributed by atoms with E-state index in [-0.39, 0.29) is 5.75 Å². The van der Waals surface area contributed by atoms with Crippen molar-refractivity contribution in [3.63, 3.8) is 0 Å². The maximum Gasteiger partial charge on any atom is 0.313 e. The molecular formula is C13H24N4O2S. The van der Waals surface area contributed by atoms with Crippen molar-refractivity contribution in [2.75, 3.05) is 5.75 Å². The molecule has 114 valence electrons.